The van der Waals surface area contributed by atoms with Gasteiger partial charge >= 0.3 is 0 Å². The van der Waals surface area contributed by atoms with Crippen LogP contribution in [0.25, 0.3) is 32.1 Å². The highest BCUT2D eigenvalue weighted by Gasteiger charge is 2.18. The molecule has 1 saturated heterocycles. The number of carbonyl (C=O) groups excluding carboxylic acids is 1. The monoisotopic (exact) mass is 474 g/mol. The van der Waals surface area contributed by atoms with Crippen LogP contribution in [0.1, 0.15) is 10.4 Å². The lowest BCUT2D eigenvalue weighted by Gasteiger charge is -2.26. The number of anilines is 1. The second kappa shape index (κ2) is 9.02. The summed E-state index contributed by atoms with van der Waals surface area (Å²) in [5.74, 6) is 0.298. The third-order valence-electron chi connectivity index (χ3n) is 5.94. The average Bonchev–Trinajstić information content (AvgIpc) is 3.50. The number of benzene rings is 3. The van der Waals surface area contributed by atoms with Gasteiger partial charge in [0.25, 0.3) is 5.91 Å². The van der Waals surface area contributed by atoms with E-state index in [0.717, 1.165) is 59.4 Å². The van der Waals surface area contributed by atoms with Gasteiger partial charge < -0.3 is 13.9 Å². The molecule has 1 aliphatic rings. The van der Waals surface area contributed by atoms with Crippen molar-refractivity contribution in [3.8, 4) is 5.75 Å². The fourth-order valence-electron chi connectivity index (χ4n) is 4.16. The van der Waals surface area contributed by atoms with E-state index in [1.54, 1.807) is 0 Å². The molecule has 9 heteroatoms. The Bertz CT molecular complexity index is 1490. The number of amides is 1. The van der Waals surface area contributed by atoms with Crippen molar-refractivity contribution < 1.29 is 18.7 Å². The van der Waals surface area contributed by atoms with Crippen molar-refractivity contribution in [3.63, 3.8) is 0 Å². The number of hydrogen-bond acceptors (Lipinski definition) is 8. The molecule has 34 heavy (non-hydrogen) atoms. The van der Waals surface area contributed by atoms with Crippen LogP contribution in [-0.2, 0) is 4.74 Å². The molecule has 1 N–H and O–H groups in total. The summed E-state index contributed by atoms with van der Waals surface area (Å²) in [6.07, 6.45) is 1.41. The van der Waals surface area contributed by atoms with Gasteiger partial charge in [0, 0.05) is 19.6 Å². The minimum atomic E-state index is -0.262. The van der Waals surface area contributed by atoms with Gasteiger partial charge in [-0.3, -0.25) is 15.0 Å². The van der Waals surface area contributed by atoms with Gasteiger partial charge in [0.2, 0.25) is 0 Å². The summed E-state index contributed by atoms with van der Waals surface area (Å²) in [5.41, 5.74) is 2.68. The first kappa shape index (κ1) is 21.0. The number of hydrogen-bond donors (Lipinski definition) is 1. The Morgan fingerprint density at radius 1 is 1.12 bits per heavy atom. The number of oxazole rings is 1. The Morgan fingerprint density at radius 2 is 1.94 bits per heavy atom. The molecule has 1 amide bonds. The van der Waals surface area contributed by atoms with Crippen LogP contribution in [0.3, 0.4) is 0 Å². The largest absolute Gasteiger partial charge is 0.491 e. The molecule has 1 aliphatic heterocycles. The normalized spacial score (nSPS) is 14.7. The molecule has 5 aromatic rings. The van der Waals surface area contributed by atoms with Gasteiger partial charge in [0.05, 0.1) is 29.0 Å². The quantitative estimate of drug-likeness (QED) is 0.386. The smallest absolute Gasteiger partial charge is 0.261 e. The predicted octanol–water partition coefficient (Wildman–Crippen LogP) is 4.55. The number of thiazole rings is 1. The zero-order valence-corrected chi connectivity index (χ0v) is 19.1. The molecule has 3 aromatic carbocycles. The average molecular weight is 475 g/mol. The van der Waals surface area contributed by atoms with Gasteiger partial charge in [-0.05, 0) is 35.0 Å². The summed E-state index contributed by atoms with van der Waals surface area (Å²) in [5, 5.41) is 5.45. The van der Waals surface area contributed by atoms with E-state index in [1.165, 1.54) is 17.7 Å². The van der Waals surface area contributed by atoms with Crippen LogP contribution >= 0.6 is 11.3 Å². The third kappa shape index (κ3) is 4.09. The van der Waals surface area contributed by atoms with E-state index in [-0.39, 0.29) is 5.91 Å². The fourth-order valence-corrected chi connectivity index (χ4v) is 5.11. The van der Waals surface area contributed by atoms with Crippen molar-refractivity contribution in [2.75, 3.05) is 44.8 Å². The van der Waals surface area contributed by atoms with Crippen molar-refractivity contribution in [2.45, 2.75) is 0 Å². The highest BCUT2D eigenvalue weighted by atomic mass is 32.1. The van der Waals surface area contributed by atoms with Gasteiger partial charge in [-0.1, -0.05) is 35.6 Å². The standard InChI is InChI=1S/C25H22N4O4S/c30-24(28-25-27-19-5-6-20-22(23(19)34-25)26-15-33-20)18-13-16-3-1-2-4-17(16)14-21(18)32-12-9-29-7-10-31-11-8-29/h1-6,13-15H,7-12H2,(H,27,28,30). The van der Waals surface area contributed by atoms with Crippen molar-refractivity contribution in [3.05, 3.63) is 60.5 Å². The van der Waals surface area contributed by atoms with Gasteiger partial charge in [-0.25, -0.2) is 9.97 Å². The number of nitrogens with one attached hydrogen (secondary N) is 1. The molecule has 0 unspecified atom stereocenters. The first-order valence-electron chi connectivity index (χ1n) is 11.1. The molecule has 2 aromatic heterocycles. The molecule has 0 bridgehead atoms. The first-order chi connectivity index (χ1) is 16.7. The molecule has 0 atom stereocenters. The minimum Gasteiger partial charge on any atom is -0.491 e. The molecule has 0 spiro atoms. The summed E-state index contributed by atoms with van der Waals surface area (Å²) >= 11 is 1.38. The Balaban J connectivity index is 1.27. The number of rotatable bonds is 6. The summed E-state index contributed by atoms with van der Waals surface area (Å²) in [6.45, 7) is 4.54. The van der Waals surface area contributed by atoms with Crippen LogP contribution in [0.5, 0.6) is 5.75 Å². The maximum Gasteiger partial charge on any atom is 0.261 e. The molecule has 0 aliphatic carbocycles. The van der Waals surface area contributed by atoms with Gasteiger partial charge in [-0.15, -0.1) is 0 Å². The number of carbonyl (C=O) groups is 1. The molecule has 8 nitrogen and oxygen atoms in total. The number of fused-ring (bicyclic) bond motifs is 4. The number of aromatic nitrogens is 2. The van der Waals surface area contributed by atoms with E-state index in [9.17, 15) is 4.79 Å². The number of nitrogens with zero attached hydrogens (tertiary/aromatic N) is 3. The third-order valence-corrected chi connectivity index (χ3v) is 6.93. The van der Waals surface area contributed by atoms with E-state index in [1.807, 2.05) is 48.5 Å². The molecule has 0 radical (unpaired) electrons. The SMILES string of the molecule is O=C(Nc1nc2ccc3ocnc3c2s1)c1cc2ccccc2cc1OCCN1CCOCC1. The van der Waals surface area contributed by atoms with E-state index >= 15 is 0 Å². The molecule has 1 fully saturated rings. The maximum atomic E-state index is 13.3. The molecule has 0 saturated carbocycles. The summed E-state index contributed by atoms with van der Waals surface area (Å²) in [4.78, 5) is 24.5. The molecular weight excluding hydrogens is 452 g/mol. The Labute approximate surface area is 199 Å². The van der Waals surface area contributed by atoms with Crippen molar-refractivity contribution >= 4 is 54.5 Å². The summed E-state index contributed by atoms with van der Waals surface area (Å²) in [6, 6.07) is 15.4. The lowest BCUT2D eigenvalue weighted by molar-refractivity contribution is 0.0322. The highest BCUT2D eigenvalue weighted by Crippen LogP contribution is 2.33. The second-order valence-corrected chi connectivity index (χ2v) is 9.08. The van der Waals surface area contributed by atoms with Crippen molar-refractivity contribution in [2.24, 2.45) is 0 Å². The van der Waals surface area contributed by atoms with E-state index in [4.69, 9.17) is 13.9 Å². The highest BCUT2D eigenvalue weighted by molar-refractivity contribution is 7.23. The molecule has 172 valence electrons. The first-order valence-corrected chi connectivity index (χ1v) is 12.0. The molecule has 6 rings (SSSR count). The molecule has 3 heterocycles. The summed E-state index contributed by atoms with van der Waals surface area (Å²) < 4.78 is 17.8. The zero-order valence-electron chi connectivity index (χ0n) is 18.3. The van der Waals surface area contributed by atoms with Gasteiger partial charge in [-0.2, -0.15) is 0 Å². The van der Waals surface area contributed by atoms with Crippen LogP contribution in [0.2, 0.25) is 0 Å². The maximum absolute atomic E-state index is 13.3. The zero-order chi connectivity index (χ0) is 22.9. The lowest BCUT2D eigenvalue weighted by Crippen LogP contribution is -2.38. The van der Waals surface area contributed by atoms with Gasteiger partial charge in [0.1, 0.15) is 17.9 Å². The Morgan fingerprint density at radius 3 is 2.79 bits per heavy atom. The van der Waals surface area contributed by atoms with Crippen LogP contribution < -0.4 is 10.1 Å². The van der Waals surface area contributed by atoms with E-state index < -0.39 is 0 Å². The van der Waals surface area contributed by atoms with Gasteiger partial charge in [0.15, 0.2) is 17.1 Å². The minimum absolute atomic E-state index is 0.262. The van der Waals surface area contributed by atoms with Crippen LogP contribution in [-0.4, -0.2) is 60.2 Å². The fraction of sp³-hybridized carbons (Fsp3) is 0.240. The van der Waals surface area contributed by atoms with Crippen molar-refractivity contribution in [1.82, 2.24) is 14.9 Å². The van der Waals surface area contributed by atoms with Crippen LogP contribution in [0, 0.1) is 0 Å². The molecular formula is C25H22N4O4S. The van der Waals surface area contributed by atoms with E-state index in [0.29, 0.717) is 28.6 Å². The second-order valence-electron chi connectivity index (χ2n) is 8.08. The van der Waals surface area contributed by atoms with Crippen LogP contribution in [0.15, 0.2) is 59.3 Å². The Kier molecular flexibility index (Phi) is 5.58. The van der Waals surface area contributed by atoms with Crippen LogP contribution in [0.4, 0.5) is 5.13 Å². The van der Waals surface area contributed by atoms with E-state index in [2.05, 4.69) is 20.2 Å². The number of morpholine rings is 1. The van der Waals surface area contributed by atoms with Crippen molar-refractivity contribution in [1.29, 1.82) is 0 Å². The predicted molar refractivity (Wildman–Crippen MR) is 132 cm³/mol. The Hall–Kier alpha value is -3.53. The number of ether oxygens (including phenoxy) is 2. The topological polar surface area (TPSA) is 89.7 Å². The summed E-state index contributed by atoms with van der Waals surface area (Å²) in [7, 11) is 0. The lowest BCUT2D eigenvalue weighted by atomic mass is 10.1.